The molecule has 0 nitrogen and oxygen atoms in total. The van der Waals surface area contributed by atoms with Crippen LogP contribution in [0.2, 0.25) is 0 Å². The van der Waals surface area contributed by atoms with Crippen LogP contribution in [0.4, 0.5) is 0 Å². The van der Waals surface area contributed by atoms with Gasteiger partial charge in [0.2, 0.25) is 0 Å². The molecule has 0 bridgehead atoms. The van der Waals surface area contributed by atoms with Gasteiger partial charge < -0.3 is 0 Å². The van der Waals surface area contributed by atoms with Crippen molar-refractivity contribution in [1.82, 2.24) is 0 Å². The van der Waals surface area contributed by atoms with Gasteiger partial charge in [0.1, 0.15) is 0 Å². The summed E-state index contributed by atoms with van der Waals surface area (Å²) in [5.41, 5.74) is 1.34. The molecule has 0 spiro atoms. The second kappa shape index (κ2) is 5.18. The van der Waals surface area contributed by atoms with Gasteiger partial charge >= 0.3 is 0 Å². The highest BCUT2D eigenvalue weighted by Gasteiger charge is 1.96. The minimum absolute atomic E-state index is 1.34. The average molecular weight is 408 g/mol. The molecule has 0 aliphatic heterocycles. The largest absolute Gasteiger partial charge is 0.0530 e. The quantitative estimate of drug-likeness (QED) is 0.641. The predicted octanol–water partition coefficient (Wildman–Crippen LogP) is 4.88. The summed E-state index contributed by atoms with van der Waals surface area (Å²) in [6.07, 6.45) is 0. The molecule has 0 saturated heterocycles. The number of rotatable bonds is 2. The van der Waals surface area contributed by atoms with Crippen molar-refractivity contribution in [1.29, 1.82) is 0 Å². The minimum Gasteiger partial charge on any atom is -0.0530 e. The Morgan fingerprint density at radius 2 is 1.45 bits per heavy atom. The zero-order valence-electron chi connectivity index (χ0n) is 5.80. The lowest BCUT2D eigenvalue weighted by Gasteiger charge is -2.00. The van der Waals surface area contributed by atoms with Crippen molar-refractivity contribution >= 4 is 60.3 Å². The Kier molecular flexibility index (Phi) is 4.93. The maximum Gasteiger partial charge on any atom is 0.0192 e. The van der Waals surface area contributed by atoms with Crippen LogP contribution < -0.4 is 0 Å². The molecule has 0 fully saturated rings. The first-order chi connectivity index (χ1) is 5.26. The van der Waals surface area contributed by atoms with Crippen LogP contribution in [0.3, 0.4) is 0 Å². The van der Waals surface area contributed by atoms with Gasteiger partial charge in [0.25, 0.3) is 0 Å². The summed E-state index contributed by atoms with van der Waals surface area (Å²) in [7, 11) is 3.53. The second-order valence-electron chi connectivity index (χ2n) is 2.14. The molecule has 1 rings (SSSR count). The van der Waals surface area contributed by atoms with Crippen LogP contribution in [0.25, 0.3) is 0 Å². The van der Waals surface area contributed by atoms with Gasteiger partial charge in [0.05, 0.1) is 0 Å². The van der Waals surface area contributed by atoms with Gasteiger partial charge in [-0.1, -0.05) is 17.9 Å². The number of halogens is 2. The van der Waals surface area contributed by atoms with Crippen molar-refractivity contribution in [2.45, 2.75) is 16.7 Å². The van der Waals surface area contributed by atoms with E-state index in [9.17, 15) is 0 Å². The minimum atomic E-state index is 1.34. The summed E-state index contributed by atoms with van der Waals surface area (Å²) in [5, 5.41) is 0. The van der Waals surface area contributed by atoms with Crippen LogP contribution in [0.15, 0.2) is 28.0 Å². The number of hydrogen-bond acceptors (Lipinski definition) is 2. The standard InChI is InChI=1S/C7H6I2S2/c1-5-2-6(10-8)4-7(3-5)11-9/h2-4H,1H3. The molecule has 1 aromatic carbocycles. The van der Waals surface area contributed by atoms with Gasteiger partial charge in [0.15, 0.2) is 0 Å². The Hall–Kier alpha value is 1.38. The van der Waals surface area contributed by atoms with E-state index in [0.717, 1.165) is 0 Å². The molecular formula is C7H6I2S2. The van der Waals surface area contributed by atoms with E-state index in [1.165, 1.54) is 15.4 Å². The molecule has 0 aromatic heterocycles. The van der Waals surface area contributed by atoms with Crippen LogP contribution in [0.5, 0.6) is 0 Å². The van der Waals surface area contributed by atoms with E-state index in [1.807, 2.05) is 0 Å². The van der Waals surface area contributed by atoms with E-state index in [1.54, 1.807) is 17.9 Å². The summed E-state index contributed by atoms with van der Waals surface area (Å²) < 4.78 is 0. The molecule has 11 heavy (non-hydrogen) atoms. The third kappa shape index (κ3) is 3.31. The normalized spacial score (nSPS) is 10.1. The van der Waals surface area contributed by atoms with E-state index in [-0.39, 0.29) is 0 Å². The first-order valence-corrected chi connectivity index (χ1v) is 9.67. The fraction of sp³-hybridized carbons (Fsp3) is 0.143. The number of aryl methyl sites for hydroxylation is 1. The molecule has 0 N–H and O–H groups in total. The molecule has 0 radical (unpaired) electrons. The molecular weight excluding hydrogens is 402 g/mol. The van der Waals surface area contributed by atoms with Crippen molar-refractivity contribution in [3.8, 4) is 0 Å². The molecule has 0 saturated carbocycles. The molecule has 0 atom stereocenters. The van der Waals surface area contributed by atoms with Crippen LogP contribution >= 0.6 is 60.3 Å². The van der Waals surface area contributed by atoms with Crippen molar-refractivity contribution < 1.29 is 0 Å². The van der Waals surface area contributed by atoms with Gasteiger partial charge in [-0.15, -0.1) is 0 Å². The second-order valence-corrected chi connectivity index (χ2v) is 6.03. The van der Waals surface area contributed by atoms with E-state index < -0.39 is 0 Å². The Balaban J connectivity index is 3.02. The molecule has 0 unspecified atom stereocenters. The predicted molar refractivity (Wildman–Crippen MR) is 70.9 cm³/mol. The molecule has 0 amide bonds. The zero-order chi connectivity index (χ0) is 8.27. The first kappa shape index (κ1) is 10.5. The number of hydrogen-bond donors (Lipinski definition) is 0. The Labute approximate surface area is 99.5 Å². The third-order valence-electron chi connectivity index (χ3n) is 1.20. The molecule has 1 aromatic rings. The Morgan fingerprint density at radius 3 is 1.82 bits per heavy atom. The van der Waals surface area contributed by atoms with Gasteiger partial charge in [-0.3, -0.25) is 0 Å². The smallest absolute Gasteiger partial charge is 0.0192 e. The average Bonchev–Trinajstić information content (AvgIpc) is 2.03. The van der Waals surface area contributed by atoms with Crippen LogP contribution in [-0.4, -0.2) is 0 Å². The zero-order valence-corrected chi connectivity index (χ0v) is 11.8. The fourth-order valence-electron chi connectivity index (χ4n) is 0.803. The molecule has 60 valence electrons. The van der Waals surface area contributed by atoms with Crippen molar-refractivity contribution in [3.63, 3.8) is 0 Å². The van der Waals surface area contributed by atoms with Gasteiger partial charge in [0, 0.05) is 52.2 Å². The first-order valence-electron chi connectivity index (χ1n) is 2.95. The van der Waals surface area contributed by atoms with E-state index in [0.29, 0.717) is 0 Å². The highest BCUT2D eigenvalue weighted by atomic mass is 127. The van der Waals surface area contributed by atoms with Gasteiger partial charge in [-0.05, 0) is 30.7 Å². The summed E-state index contributed by atoms with van der Waals surface area (Å²) in [6.45, 7) is 2.13. The molecule has 0 aliphatic rings. The van der Waals surface area contributed by atoms with Crippen molar-refractivity contribution in [2.75, 3.05) is 0 Å². The van der Waals surface area contributed by atoms with Crippen molar-refractivity contribution in [3.05, 3.63) is 23.8 Å². The topological polar surface area (TPSA) is 0 Å². The van der Waals surface area contributed by atoms with Crippen LogP contribution in [-0.2, 0) is 0 Å². The lowest BCUT2D eigenvalue weighted by molar-refractivity contribution is 1.28. The van der Waals surface area contributed by atoms with Crippen molar-refractivity contribution in [2.24, 2.45) is 0 Å². The molecule has 0 heterocycles. The maximum atomic E-state index is 2.31. The lowest BCUT2D eigenvalue weighted by atomic mass is 10.2. The lowest BCUT2D eigenvalue weighted by Crippen LogP contribution is -1.74. The SMILES string of the molecule is Cc1cc(SI)cc(SI)c1. The Bertz CT molecular complexity index is 228. The highest BCUT2D eigenvalue weighted by Crippen LogP contribution is 2.32. The number of benzene rings is 1. The summed E-state index contributed by atoms with van der Waals surface area (Å²) >= 11 is 4.62. The van der Waals surface area contributed by atoms with Crippen LogP contribution in [0.1, 0.15) is 5.56 Å². The van der Waals surface area contributed by atoms with E-state index in [4.69, 9.17) is 0 Å². The molecule has 0 aliphatic carbocycles. The van der Waals surface area contributed by atoms with Gasteiger partial charge in [-0.25, -0.2) is 0 Å². The van der Waals surface area contributed by atoms with E-state index in [2.05, 4.69) is 67.5 Å². The van der Waals surface area contributed by atoms with Gasteiger partial charge in [-0.2, -0.15) is 0 Å². The summed E-state index contributed by atoms with van der Waals surface area (Å²) in [4.78, 5) is 2.68. The van der Waals surface area contributed by atoms with E-state index >= 15 is 0 Å². The summed E-state index contributed by atoms with van der Waals surface area (Å²) in [5.74, 6) is 0. The van der Waals surface area contributed by atoms with Crippen LogP contribution in [0, 0.1) is 6.92 Å². The monoisotopic (exact) mass is 408 g/mol. The maximum absolute atomic E-state index is 2.31. The highest BCUT2D eigenvalue weighted by molar-refractivity contribution is 14.2. The molecule has 4 heteroatoms. The third-order valence-corrected chi connectivity index (χ3v) is 5.08. The fourth-order valence-corrected chi connectivity index (χ4v) is 3.21. The summed E-state index contributed by atoms with van der Waals surface area (Å²) in [6, 6.07) is 6.61. The Morgan fingerprint density at radius 1 is 1.00 bits per heavy atom.